The second-order valence-electron chi connectivity index (χ2n) is 6.78. The Morgan fingerprint density at radius 2 is 1.77 bits per heavy atom. The highest BCUT2D eigenvalue weighted by molar-refractivity contribution is 7.89. The molecule has 9 heteroatoms. The zero-order valence-electron chi connectivity index (χ0n) is 16.5. The number of carboxylic acids is 1. The van der Waals surface area contributed by atoms with Gasteiger partial charge in [-0.1, -0.05) is 18.2 Å². The van der Waals surface area contributed by atoms with Crippen molar-refractivity contribution in [2.45, 2.75) is 11.4 Å². The molecule has 0 bridgehead atoms. The average molecular weight is 445 g/mol. The Labute approximate surface area is 179 Å². The summed E-state index contributed by atoms with van der Waals surface area (Å²) in [4.78, 5) is 10.9. The van der Waals surface area contributed by atoms with Crippen LogP contribution in [-0.2, 0) is 21.4 Å². The molecule has 0 aliphatic carbocycles. The van der Waals surface area contributed by atoms with Crippen LogP contribution in [0, 0.1) is 5.82 Å². The molecule has 0 fully saturated rings. The fraction of sp³-hybridized carbons (Fsp3) is 0.136. The zero-order valence-corrected chi connectivity index (χ0v) is 17.3. The van der Waals surface area contributed by atoms with E-state index in [0.29, 0.717) is 16.7 Å². The molecular weight excluding hydrogens is 425 g/mol. The highest BCUT2D eigenvalue weighted by Gasteiger charge is 2.21. The number of aliphatic carboxylic acids is 1. The van der Waals surface area contributed by atoms with E-state index >= 15 is 0 Å². The van der Waals surface area contributed by atoms with Crippen molar-refractivity contribution in [2.75, 3.05) is 13.7 Å². The molecule has 0 atom stereocenters. The van der Waals surface area contributed by atoms with E-state index in [1.54, 1.807) is 30.3 Å². The van der Waals surface area contributed by atoms with Gasteiger partial charge in [0.1, 0.15) is 17.3 Å². The molecule has 0 unspecified atom stereocenters. The van der Waals surface area contributed by atoms with Gasteiger partial charge < -0.3 is 14.9 Å². The van der Waals surface area contributed by atoms with Crippen molar-refractivity contribution in [3.8, 4) is 22.6 Å². The first-order chi connectivity index (χ1) is 14.7. The Morgan fingerprint density at radius 3 is 2.42 bits per heavy atom. The number of benzene rings is 3. The van der Waals surface area contributed by atoms with Crippen LogP contribution in [0.3, 0.4) is 0 Å². The first-order valence-electron chi connectivity index (χ1n) is 9.15. The minimum absolute atomic E-state index is 0.00470. The molecule has 0 spiro atoms. The van der Waals surface area contributed by atoms with E-state index in [1.807, 2.05) is 0 Å². The molecule has 162 valence electrons. The lowest BCUT2D eigenvalue weighted by Crippen LogP contribution is -2.26. The van der Waals surface area contributed by atoms with E-state index in [4.69, 9.17) is 9.84 Å². The zero-order chi connectivity index (χ0) is 22.6. The summed E-state index contributed by atoms with van der Waals surface area (Å²) in [5, 5.41) is 18.7. The summed E-state index contributed by atoms with van der Waals surface area (Å²) in [7, 11) is -2.45. The third-order valence-corrected chi connectivity index (χ3v) is 6.30. The second-order valence-corrected chi connectivity index (χ2v) is 8.82. The summed E-state index contributed by atoms with van der Waals surface area (Å²) in [5.41, 5.74) is 1.68. The van der Waals surface area contributed by atoms with Crippen LogP contribution < -0.4 is 4.74 Å². The molecule has 3 aromatic carbocycles. The molecule has 0 aliphatic heterocycles. The molecule has 0 saturated heterocycles. The molecule has 0 aromatic heterocycles. The molecule has 0 heterocycles. The van der Waals surface area contributed by atoms with Gasteiger partial charge in [0.25, 0.3) is 0 Å². The number of hydrogen-bond donors (Lipinski definition) is 2. The number of carboxylic acid groups (broad SMARTS) is 1. The number of sulfonamides is 1. The van der Waals surface area contributed by atoms with Gasteiger partial charge in [-0.25, -0.2) is 17.6 Å². The average Bonchev–Trinajstić information content (AvgIpc) is 2.73. The highest BCUT2D eigenvalue weighted by Crippen LogP contribution is 2.33. The number of aromatic hydroxyl groups is 1. The monoisotopic (exact) mass is 445 g/mol. The van der Waals surface area contributed by atoms with Gasteiger partial charge in [0.15, 0.2) is 6.61 Å². The van der Waals surface area contributed by atoms with Gasteiger partial charge in [-0.3, -0.25) is 0 Å². The maximum Gasteiger partial charge on any atom is 0.341 e. The minimum Gasteiger partial charge on any atom is -0.508 e. The van der Waals surface area contributed by atoms with Gasteiger partial charge in [0.05, 0.1) is 4.90 Å². The van der Waals surface area contributed by atoms with E-state index in [0.717, 1.165) is 16.4 Å². The largest absolute Gasteiger partial charge is 0.508 e. The Morgan fingerprint density at radius 1 is 1.06 bits per heavy atom. The first kappa shape index (κ1) is 22.3. The van der Waals surface area contributed by atoms with Crippen LogP contribution in [0.25, 0.3) is 11.1 Å². The van der Waals surface area contributed by atoms with E-state index in [9.17, 15) is 22.7 Å². The summed E-state index contributed by atoms with van der Waals surface area (Å²) in [6.45, 7) is -0.547. The van der Waals surface area contributed by atoms with Crippen molar-refractivity contribution >= 4 is 16.0 Å². The first-order valence-corrected chi connectivity index (χ1v) is 10.6. The number of halogens is 1. The maximum atomic E-state index is 13.1. The fourth-order valence-electron chi connectivity index (χ4n) is 2.97. The molecular formula is C22H20FNO6S. The number of phenols is 1. The van der Waals surface area contributed by atoms with Crippen LogP contribution in [0.4, 0.5) is 4.39 Å². The smallest absolute Gasteiger partial charge is 0.341 e. The topological polar surface area (TPSA) is 104 Å². The molecule has 7 nitrogen and oxygen atoms in total. The molecule has 0 saturated carbocycles. The summed E-state index contributed by atoms with van der Waals surface area (Å²) in [6.07, 6.45) is 0. The second kappa shape index (κ2) is 9.15. The molecule has 31 heavy (non-hydrogen) atoms. The van der Waals surface area contributed by atoms with Crippen molar-refractivity contribution in [3.05, 3.63) is 78.1 Å². The third kappa shape index (κ3) is 5.39. The summed E-state index contributed by atoms with van der Waals surface area (Å²) >= 11 is 0. The number of nitrogens with zero attached hydrogens (tertiary/aromatic N) is 1. The van der Waals surface area contributed by atoms with Crippen LogP contribution in [0.5, 0.6) is 11.5 Å². The minimum atomic E-state index is -3.85. The standard InChI is InChI=1S/C22H20FNO6S/c1-24(31(28,29)19-8-6-17(23)7-9-19)13-15-5-10-21(30-14-22(26)27)20(11-15)16-3-2-4-18(25)12-16/h2-12,25H,13-14H2,1H3,(H,26,27). The van der Waals surface area contributed by atoms with Crippen molar-refractivity contribution in [3.63, 3.8) is 0 Å². The molecule has 3 rings (SSSR count). The Balaban J connectivity index is 1.93. The number of carbonyl (C=O) groups is 1. The van der Waals surface area contributed by atoms with Crippen molar-refractivity contribution in [2.24, 2.45) is 0 Å². The van der Waals surface area contributed by atoms with Crippen LogP contribution in [0.2, 0.25) is 0 Å². The summed E-state index contributed by atoms with van der Waals surface area (Å²) in [5.74, 6) is -1.38. The van der Waals surface area contributed by atoms with E-state index in [-0.39, 0.29) is 22.9 Å². The number of ether oxygens (including phenoxy) is 1. The Hall–Kier alpha value is -3.43. The predicted octanol–water partition coefficient (Wildman–Crippen LogP) is 3.48. The lowest BCUT2D eigenvalue weighted by Gasteiger charge is -2.19. The molecule has 0 amide bonds. The van der Waals surface area contributed by atoms with Crippen LogP contribution in [0.1, 0.15) is 5.56 Å². The quantitative estimate of drug-likeness (QED) is 0.550. The van der Waals surface area contributed by atoms with Gasteiger partial charge >= 0.3 is 5.97 Å². The third-order valence-electron chi connectivity index (χ3n) is 4.48. The lowest BCUT2D eigenvalue weighted by atomic mass is 10.0. The molecule has 2 N–H and O–H groups in total. The normalized spacial score (nSPS) is 11.5. The van der Waals surface area contributed by atoms with Crippen molar-refractivity contribution in [1.29, 1.82) is 0 Å². The van der Waals surface area contributed by atoms with Gasteiger partial charge in [-0.05, 0) is 59.7 Å². The molecule has 3 aromatic rings. The predicted molar refractivity (Wildman–Crippen MR) is 112 cm³/mol. The van der Waals surface area contributed by atoms with E-state index in [1.165, 1.54) is 31.3 Å². The van der Waals surface area contributed by atoms with Crippen LogP contribution >= 0.6 is 0 Å². The highest BCUT2D eigenvalue weighted by atomic mass is 32.2. The Bertz CT molecular complexity index is 1190. The fourth-order valence-corrected chi connectivity index (χ4v) is 4.13. The number of rotatable bonds is 8. The Kier molecular flexibility index (Phi) is 6.57. The van der Waals surface area contributed by atoms with E-state index < -0.39 is 28.4 Å². The number of phenolic OH excluding ortho intramolecular Hbond substituents is 1. The van der Waals surface area contributed by atoms with E-state index in [2.05, 4.69) is 0 Å². The number of hydrogen-bond acceptors (Lipinski definition) is 5. The van der Waals surface area contributed by atoms with Gasteiger partial charge in [-0.15, -0.1) is 0 Å². The van der Waals surface area contributed by atoms with Crippen molar-refractivity contribution in [1.82, 2.24) is 4.31 Å². The van der Waals surface area contributed by atoms with Crippen LogP contribution in [-0.4, -0.2) is 42.6 Å². The summed E-state index contributed by atoms with van der Waals surface area (Å²) < 4.78 is 45.2. The van der Waals surface area contributed by atoms with Gasteiger partial charge in [0, 0.05) is 19.2 Å². The maximum absolute atomic E-state index is 13.1. The molecule has 0 aliphatic rings. The lowest BCUT2D eigenvalue weighted by molar-refractivity contribution is -0.139. The van der Waals surface area contributed by atoms with Crippen molar-refractivity contribution < 1.29 is 32.6 Å². The van der Waals surface area contributed by atoms with Gasteiger partial charge in [-0.2, -0.15) is 4.31 Å². The van der Waals surface area contributed by atoms with Crippen LogP contribution in [0.15, 0.2) is 71.6 Å². The molecule has 0 radical (unpaired) electrons. The van der Waals surface area contributed by atoms with Gasteiger partial charge in [0.2, 0.25) is 10.0 Å². The summed E-state index contributed by atoms with van der Waals surface area (Å²) in [6, 6.07) is 15.7. The SMILES string of the molecule is CN(Cc1ccc(OCC(=O)O)c(-c2cccc(O)c2)c1)S(=O)(=O)c1ccc(F)cc1.